The molecule has 21 heavy (non-hydrogen) atoms. The normalized spacial score (nSPS) is 10.6. The number of phenols is 1. The number of ether oxygens (including phenoxy) is 1. The minimum absolute atomic E-state index is 0.117. The van der Waals surface area contributed by atoms with Crippen LogP contribution in [0.3, 0.4) is 0 Å². The summed E-state index contributed by atoms with van der Waals surface area (Å²) in [5.41, 5.74) is 2.00. The van der Waals surface area contributed by atoms with Gasteiger partial charge in [-0.05, 0) is 24.3 Å². The minimum Gasteiger partial charge on any atom is -0.506 e. The van der Waals surface area contributed by atoms with Crippen molar-refractivity contribution in [3.05, 3.63) is 48.5 Å². The molecule has 1 aromatic heterocycles. The average molecular weight is 299 g/mol. The third kappa shape index (κ3) is 2.34. The van der Waals surface area contributed by atoms with E-state index in [4.69, 9.17) is 4.74 Å². The van der Waals surface area contributed by atoms with Crippen LogP contribution in [0.5, 0.6) is 11.5 Å². The van der Waals surface area contributed by atoms with Crippen LogP contribution in [0.1, 0.15) is 0 Å². The maximum absolute atomic E-state index is 10.0. The molecule has 0 aliphatic rings. The lowest BCUT2D eigenvalue weighted by atomic mass is 10.1. The molecule has 0 fully saturated rings. The highest BCUT2D eigenvalue weighted by Gasteiger charge is 2.18. The molecule has 3 rings (SSSR count). The Labute approximate surface area is 127 Å². The number of nitrogens with zero attached hydrogens (tertiary/aromatic N) is 3. The first kappa shape index (κ1) is 13.5. The van der Waals surface area contributed by atoms with Gasteiger partial charge in [0.2, 0.25) is 0 Å². The van der Waals surface area contributed by atoms with Gasteiger partial charge in [-0.1, -0.05) is 29.5 Å². The van der Waals surface area contributed by atoms with Gasteiger partial charge < -0.3 is 9.84 Å². The second kappa shape index (κ2) is 5.49. The van der Waals surface area contributed by atoms with Crippen molar-refractivity contribution >= 4 is 12.6 Å². The fraction of sp³-hybridized carbons (Fsp3) is 0.0667. The number of benzene rings is 2. The van der Waals surface area contributed by atoms with Crippen LogP contribution in [-0.4, -0.2) is 27.2 Å². The Morgan fingerprint density at radius 3 is 2.57 bits per heavy atom. The van der Waals surface area contributed by atoms with Crippen molar-refractivity contribution in [2.75, 3.05) is 7.11 Å². The molecule has 0 saturated heterocycles. The van der Waals surface area contributed by atoms with E-state index in [0.29, 0.717) is 22.2 Å². The van der Waals surface area contributed by atoms with Crippen LogP contribution >= 0.6 is 12.6 Å². The van der Waals surface area contributed by atoms with E-state index in [1.165, 1.54) is 0 Å². The Hall–Kier alpha value is -2.47. The van der Waals surface area contributed by atoms with Crippen LogP contribution in [-0.2, 0) is 0 Å². The highest BCUT2D eigenvalue weighted by molar-refractivity contribution is 7.80. The van der Waals surface area contributed by atoms with Gasteiger partial charge in [0.25, 0.3) is 0 Å². The molecule has 106 valence electrons. The zero-order valence-electron chi connectivity index (χ0n) is 11.3. The van der Waals surface area contributed by atoms with Crippen LogP contribution in [0, 0.1) is 0 Å². The van der Waals surface area contributed by atoms with E-state index in [-0.39, 0.29) is 5.75 Å². The van der Waals surface area contributed by atoms with Crippen molar-refractivity contribution < 1.29 is 9.84 Å². The number of aromatic hydroxyl groups is 1. The van der Waals surface area contributed by atoms with Crippen LogP contribution in [0.4, 0.5) is 0 Å². The van der Waals surface area contributed by atoms with Crippen molar-refractivity contribution in [1.82, 2.24) is 15.0 Å². The summed E-state index contributed by atoms with van der Waals surface area (Å²) in [4.78, 5) is 0. The molecule has 2 aromatic carbocycles. The molecule has 0 aliphatic carbocycles. The Morgan fingerprint density at radius 2 is 1.81 bits per heavy atom. The Kier molecular flexibility index (Phi) is 3.53. The molecule has 0 amide bonds. The second-order valence-electron chi connectivity index (χ2n) is 4.36. The summed E-state index contributed by atoms with van der Waals surface area (Å²) < 4.78 is 6.93. The van der Waals surface area contributed by atoms with Crippen molar-refractivity contribution in [2.24, 2.45) is 0 Å². The summed E-state index contributed by atoms with van der Waals surface area (Å²) in [7, 11) is 1.60. The van der Waals surface area contributed by atoms with Crippen molar-refractivity contribution in [2.45, 2.75) is 5.03 Å². The van der Waals surface area contributed by atoms with E-state index >= 15 is 0 Å². The standard InChI is InChI=1S/C15H13N3O2S/c1-20-13-9-5-2-6-10(13)14-15(21)16-17-18(14)11-7-3-4-8-12(11)19/h2-9,19,21H,1H3. The zero-order chi connectivity index (χ0) is 14.8. The quantitative estimate of drug-likeness (QED) is 0.730. The number of thiol groups is 1. The van der Waals surface area contributed by atoms with Crippen LogP contribution in [0.25, 0.3) is 16.9 Å². The molecule has 0 aliphatic heterocycles. The van der Waals surface area contributed by atoms with E-state index in [9.17, 15) is 5.11 Å². The summed E-state index contributed by atoms with van der Waals surface area (Å²) >= 11 is 4.37. The van der Waals surface area contributed by atoms with E-state index in [1.807, 2.05) is 30.3 Å². The highest BCUT2D eigenvalue weighted by atomic mass is 32.1. The third-order valence-electron chi connectivity index (χ3n) is 3.12. The van der Waals surface area contributed by atoms with Crippen LogP contribution < -0.4 is 4.74 Å². The Morgan fingerprint density at radius 1 is 1.10 bits per heavy atom. The van der Waals surface area contributed by atoms with Crippen molar-refractivity contribution in [3.63, 3.8) is 0 Å². The molecule has 0 radical (unpaired) electrons. The highest BCUT2D eigenvalue weighted by Crippen LogP contribution is 2.35. The molecule has 0 unspecified atom stereocenters. The maximum atomic E-state index is 10.0. The van der Waals surface area contributed by atoms with Gasteiger partial charge in [0.15, 0.2) is 0 Å². The summed E-state index contributed by atoms with van der Waals surface area (Å²) in [6.45, 7) is 0. The number of methoxy groups -OCH3 is 1. The minimum atomic E-state index is 0.117. The molecule has 0 bridgehead atoms. The third-order valence-corrected chi connectivity index (χ3v) is 3.43. The summed E-state index contributed by atoms with van der Waals surface area (Å²) in [6, 6.07) is 14.5. The molecule has 0 atom stereocenters. The zero-order valence-corrected chi connectivity index (χ0v) is 12.2. The molecule has 1 N–H and O–H groups in total. The van der Waals surface area contributed by atoms with Gasteiger partial charge in [0.05, 0.1) is 7.11 Å². The first-order chi connectivity index (χ1) is 10.2. The van der Waals surface area contributed by atoms with Gasteiger partial charge in [0, 0.05) is 5.56 Å². The number of hydrogen-bond donors (Lipinski definition) is 2. The van der Waals surface area contributed by atoms with E-state index < -0.39 is 0 Å². The van der Waals surface area contributed by atoms with Gasteiger partial charge in [-0.15, -0.1) is 17.7 Å². The Balaban J connectivity index is 2.25. The molecule has 5 nitrogen and oxygen atoms in total. The van der Waals surface area contributed by atoms with Crippen molar-refractivity contribution in [1.29, 1.82) is 0 Å². The van der Waals surface area contributed by atoms with Crippen LogP contribution in [0.2, 0.25) is 0 Å². The molecule has 6 heteroatoms. The second-order valence-corrected chi connectivity index (χ2v) is 4.79. The first-order valence-electron chi connectivity index (χ1n) is 6.29. The van der Waals surface area contributed by atoms with E-state index in [2.05, 4.69) is 22.9 Å². The monoisotopic (exact) mass is 299 g/mol. The SMILES string of the molecule is COc1ccccc1-c1c(S)nnn1-c1ccccc1O. The van der Waals surface area contributed by atoms with Gasteiger partial charge >= 0.3 is 0 Å². The van der Waals surface area contributed by atoms with E-state index in [1.54, 1.807) is 30.0 Å². The lowest BCUT2D eigenvalue weighted by molar-refractivity contribution is 0.416. The predicted octanol–water partition coefficient (Wildman–Crippen LogP) is 2.94. The van der Waals surface area contributed by atoms with Gasteiger partial charge in [-0.2, -0.15) is 0 Å². The average Bonchev–Trinajstić information content (AvgIpc) is 2.89. The molecule has 3 aromatic rings. The molecule has 0 spiro atoms. The van der Waals surface area contributed by atoms with Gasteiger partial charge in [-0.3, -0.25) is 0 Å². The van der Waals surface area contributed by atoms with Crippen LogP contribution in [0.15, 0.2) is 53.6 Å². The first-order valence-corrected chi connectivity index (χ1v) is 6.73. The lowest BCUT2D eigenvalue weighted by Crippen LogP contribution is -2.01. The lowest BCUT2D eigenvalue weighted by Gasteiger charge is -2.11. The fourth-order valence-corrected chi connectivity index (χ4v) is 2.42. The van der Waals surface area contributed by atoms with E-state index in [0.717, 1.165) is 5.56 Å². The molecule has 1 heterocycles. The number of hydrogen-bond acceptors (Lipinski definition) is 5. The molecular formula is C15H13N3O2S. The number of para-hydroxylation sites is 3. The van der Waals surface area contributed by atoms with Crippen molar-refractivity contribution in [3.8, 4) is 28.4 Å². The molecule has 0 saturated carbocycles. The summed E-state index contributed by atoms with van der Waals surface area (Å²) in [5, 5.41) is 18.6. The molecular weight excluding hydrogens is 286 g/mol. The smallest absolute Gasteiger partial charge is 0.144 e. The topological polar surface area (TPSA) is 60.2 Å². The summed E-state index contributed by atoms with van der Waals surface area (Å²) in [5.74, 6) is 0.804. The van der Waals surface area contributed by atoms with Gasteiger partial charge in [-0.25, -0.2) is 4.68 Å². The number of rotatable bonds is 3. The largest absolute Gasteiger partial charge is 0.506 e. The number of phenolic OH excluding ortho intramolecular Hbond substituents is 1. The maximum Gasteiger partial charge on any atom is 0.144 e. The predicted molar refractivity (Wildman–Crippen MR) is 82.3 cm³/mol. The van der Waals surface area contributed by atoms with Gasteiger partial charge in [0.1, 0.15) is 27.9 Å². The number of aromatic nitrogens is 3. The fourth-order valence-electron chi connectivity index (χ4n) is 2.16. The summed E-state index contributed by atoms with van der Waals surface area (Å²) in [6.07, 6.45) is 0. The Bertz CT molecular complexity index is 786.